The second-order valence-corrected chi connectivity index (χ2v) is 4.77. The molecular weight excluding hydrogens is 268 g/mol. The van der Waals surface area contributed by atoms with Gasteiger partial charge in [-0.3, -0.25) is 15.6 Å². The lowest BCUT2D eigenvalue weighted by Crippen LogP contribution is -2.34. The molecule has 0 unspecified atom stereocenters. The summed E-state index contributed by atoms with van der Waals surface area (Å²) in [6, 6.07) is 7.46. The summed E-state index contributed by atoms with van der Waals surface area (Å²) in [5.41, 5.74) is 10.7. The third kappa shape index (κ3) is 3.36. The van der Waals surface area contributed by atoms with E-state index in [1.807, 2.05) is 18.2 Å². The van der Waals surface area contributed by atoms with Crippen LogP contribution in [0.25, 0.3) is 0 Å². The maximum absolute atomic E-state index is 11.4. The number of rotatable bonds is 3. The van der Waals surface area contributed by atoms with Gasteiger partial charge in [-0.2, -0.15) is 10.4 Å². The highest BCUT2D eigenvalue weighted by Crippen LogP contribution is 2.22. The summed E-state index contributed by atoms with van der Waals surface area (Å²) in [4.78, 5) is 13.2. The maximum Gasteiger partial charge on any atom is 0.219 e. The van der Waals surface area contributed by atoms with Gasteiger partial charge in [-0.05, 0) is 29.7 Å². The molecule has 1 aromatic carbocycles. The van der Waals surface area contributed by atoms with E-state index in [-0.39, 0.29) is 17.5 Å². The minimum absolute atomic E-state index is 0.0559. The van der Waals surface area contributed by atoms with Crippen molar-refractivity contribution < 1.29 is 4.79 Å². The van der Waals surface area contributed by atoms with Crippen LogP contribution in [0.2, 0.25) is 0 Å². The number of nitriles is 1. The van der Waals surface area contributed by atoms with Gasteiger partial charge in [0.2, 0.25) is 11.6 Å². The zero-order valence-electron chi connectivity index (χ0n) is 11.7. The van der Waals surface area contributed by atoms with Crippen LogP contribution in [0.4, 0.5) is 5.69 Å². The van der Waals surface area contributed by atoms with E-state index in [1.165, 1.54) is 5.56 Å². The molecule has 7 nitrogen and oxygen atoms in total. The molecule has 108 valence electrons. The Balaban J connectivity index is 2.18. The third-order valence-electron chi connectivity index (χ3n) is 3.32. The zero-order chi connectivity index (χ0) is 15.4. The molecule has 1 aliphatic heterocycles. The highest BCUT2D eigenvalue weighted by atomic mass is 16.2. The molecule has 1 aromatic rings. The van der Waals surface area contributed by atoms with Crippen molar-refractivity contribution in [1.82, 2.24) is 4.90 Å². The normalized spacial score (nSPS) is 14.1. The van der Waals surface area contributed by atoms with Crippen molar-refractivity contribution in [3.63, 3.8) is 0 Å². The molecule has 7 heteroatoms. The van der Waals surface area contributed by atoms with Gasteiger partial charge in [-0.25, -0.2) is 0 Å². The van der Waals surface area contributed by atoms with Crippen LogP contribution in [0.5, 0.6) is 0 Å². The van der Waals surface area contributed by atoms with Crippen LogP contribution < -0.4 is 11.2 Å². The zero-order valence-corrected chi connectivity index (χ0v) is 11.7. The van der Waals surface area contributed by atoms with E-state index in [0.29, 0.717) is 12.2 Å². The fourth-order valence-electron chi connectivity index (χ4n) is 2.16. The summed E-state index contributed by atoms with van der Waals surface area (Å²) < 4.78 is 0. The molecule has 4 N–H and O–H groups in total. The number of benzene rings is 1. The summed E-state index contributed by atoms with van der Waals surface area (Å²) in [5, 5.41) is 19.7. The van der Waals surface area contributed by atoms with E-state index in [4.69, 9.17) is 16.4 Å². The Hall–Kier alpha value is -2.88. The number of amidine groups is 1. The van der Waals surface area contributed by atoms with E-state index < -0.39 is 0 Å². The van der Waals surface area contributed by atoms with Crippen molar-refractivity contribution in [2.45, 2.75) is 19.9 Å². The minimum Gasteiger partial charge on any atom is -0.382 e. The first-order valence-corrected chi connectivity index (χ1v) is 6.46. The van der Waals surface area contributed by atoms with Crippen molar-refractivity contribution in [2.75, 3.05) is 12.0 Å². The average molecular weight is 284 g/mol. The molecule has 0 saturated heterocycles. The number of carbonyl (C=O) groups excluding carboxylic acids is 1. The number of hydrogen-bond donors (Lipinski definition) is 3. The first-order valence-electron chi connectivity index (χ1n) is 6.46. The van der Waals surface area contributed by atoms with Gasteiger partial charge in [0.15, 0.2) is 5.84 Å². The fraction of sp³-hybridized carbons (Fsp3) is 0.286. The molecule has 0 aliphatic carbocycles. The highest BCUT2D eigenvalue weighted by Gasteiger charge is 2.18. The van der Waals surface area contributed by atoms with E-state index in [1.54, 1.807) is 17.9 Å². The van der Waals surface area contributed by atoms with Crippen LogP contribution in [0.3, 0.4) is 0 Å². The monoisotopic (exact) mass is 284 g/mol. The predicted octanol–water partition coefficient (Wildman–Crippen LogP) is 0.819. The van der Waals surface area contributed by atoms with Crippen LogP contribution >= 0.6 is 0 Å². The Morgan fingerprint density at radius 3 is 2.90 bits per heavy atom. The molecular formula is C14H16N6O. The summed E-state index contributed by atoms with van der Waals surface area (Å²) in [7, 11) is 0. The number of nitrogens with two attached hydrogens (primary N) is 1. The van der Waals surface area contributed by atoms with Crippen LogP contribution in [-0.2, 0) is 17.8 Å². The topological polar surface area (TPSA) is 118 Å². The molecule has 0 radical (unpaired) electrons. The maximum atomic E-state index is 11.4. The number of hydrogen-bond acceptors (Lipinski definition) is 5. The van der Waals surface area contributed by atoms with Gasteiger partial charge in [0, 0.05) is 20.0 Å². The molecule has 0 aromatic heterocycles. The van der Waals surface area contributed by atoms with Gasteiger partial charge in [0.05, 0.1) is 5.69 Å². The van der Waals surface area contributed by atoms with Crippen molar-refractivity contribution in [1.29, 1.82) is 10.7 Å². The van der Waals surface area contributed by atoms with Crippen molar-refractivity contribution in [2.24, 2.45) is 10.8 Å². The molecule has 0 fully saturated rings. The van der Waals surface area contributed by atoms with Gasteiger partial charge in [0.25, 0.3) is 0 Å². The molecule has 1 heterocycles. The Kier molecular flexibility index (Phi) is 4.18. The minimum atomic E-state index is -0.384. The number of nitrogens with one attached hydrogen (secondary N) is 2. The number of hydrazone groups is 1. The van der Waals surface area contributed by atoms with Gasteiger partial charge in [0.1, 0.15) is 6.07 Å². The van der Waals surface area contributed by atoms with Crippen molar-refractivity contribution in [3.8, 4) is 6.07 Å². The third-order valence-corrected chi connectivity index (χ3v) is 3.32. The average Bonchev–Trinajstić information content (AvgIpc) is 2.46. The van der Waals surface area contributed by atoms with Crippen LogP contribution in [0, 0.1) is 16.7 Å². The van der Waals surface area contributed by atoms with Crippen molar-refractivity contribution in [3.05, 3.63) is 29.3 Å². The Labute approximate surface area is 122 Å². The molecule has 1 aliphatic rings. The number of anilines is 1. The number of fused-ring (bicyclic) bond motifs is 1. The SMILES string of the molecule is CC(=O)N1CCc2ccc(N/N=C(\C#N)C(=N)N)cc2C1. The second kappa shape index (κ2) is 6.05. The van der Waals surface area contributed by atoms with Crippen LogP contribution in [-0.4, -0.2) is 28.9 Å². The molecule has 21 heavy (non-hydrogen) atoms. The van der Waals surface area contributed by atoms with E-state index in [9.17, 15) is 4.79 Å². The summed E-state index contributed by atoms with van der Waals surface area (Å²) in [6.45, 7) is 2.86. The van der Waals surface area contributed by atoms with E-state index in [0.717, 1.165) is 18.5 Å². The van der Waals surface area contributed by atoms with Gasteiger partial charge in [-0.15, -0.1) is 0 Å². The Morgan fingerprint density at radius 1 is 1.52 bits per heavy atom. The van der Waals surface area contributed by atoms with Crippen LogP contribution in [0.1, 0.15) is 18.1 Å². The lowest BCUT2D eigenvalue weighted by molar-refractivity contribution is -0.129. The fourth-order valence-corrected chi connectivity index (χ4v) is 2.16. The van der Waals surface area contributed by atoms with Gasteiger partial charge < -0.3 is 10.6 Å². The summed E-state index contributed by atoms with van der Waals surface area (Å²) in [5.74, 6) is -0.328. The van der Waals surface area contributed by atoms with E-state index >= 15 is 0 Å². The van der Waals surface area contributed by atoms with Gasteiger partial charge in [-0.1, -0.05) is 6.07 Å². The molecule has 0 spiro atoms. The molecule has 0 atom stereocenters. The van der Waals surface area contributed by atoms with Gasteiger partial charge >= 0.3 is 0 Å². The Morgan fingerprint density at radius 2 is 2.29 bits per heavy atom. The lowest BCUT2D eigenvalue weighted by Gasteiger charge is -2.28. The quantitative estimate of drug-likeness (QED) is 0.432. The van der Waals surface area contributed by atoms with E-state index in [2.05, 4.69) is 10.5 Å². The summed E-state index contributed by atoms with van der Waals surface area (Å²) in [6.07, 6.45) is 0.829. The first-order chi connectivity index (χ1) is 10.0. The molecule has 0 bridgehead atoms. The lowest BCUT2D eigenvalue weighted by atomic mass is 9.99. The smallest absolute Gasteiger partial charge is 0.219 e. The van der Waals surface area contributed by atoms with Crippen LogP contribution in [0.15, 0.2) is 23.3 Å². The predicted molar refractivity (Wildman–Crippen MR) is 79.8 cm³/mol. The molecule has 1 amide bonds. The first kappa shape index (κ1) is 14.5. The molecule has 0 saturated carbocycles. The standard InChI is InChI=1S/C14H16N6O/c1-9(21)20-5-4-10-2-3-12(6-11(10)8-20)18-19-13(7-15)14(16)17/h2-3,6,18H,4-5,8H2,1H3,(H3,16,17)/b19-13+. The number of amides is 1. The second-order valence-electron chi connectivity index (χ2n) is 4.77. The molecule has 2 rings (SSSR count). The number of carbonyl (C=O) groups is 1. The Bertz CT molecular complexity index is 658. The largest absolute Gasteiger partial charge is 0.382 e. The van der Waals surface area contributed by atoms with Crippen molar-refractivity contribution >= 4 is 23.1 Å². The summed E-state index contributed by atoms with van der Waals surface area (Å²) >= 11 is 0. The number of nitrogens with zero attached hydrogens (tertiary/aromatic N) is 3. The highest BCUT2D eigenvalue weighted by molar-refractivity contribution is 6.45.